The number of alkyl halides is 4. The van der Waals surface area contributed by atoms with Crippen LogP contribution in [0.15, 0.2) is 36.4 Å². The normalized spacial score (nSPS) is 12.2. The molecule has 7 heteroatoms. The zero-order valence-corrected chi connectivity index (χ0v) is 14.6. The van der Waals surface area contributed by atoms with Crippen LogP contribution in [0, 0.1) is 0 Å². The van der Waals surface area contributed by atoms with Crippen LogP contribution in [0.25, 0.3) is 0 Å². The van der Waals surface area contributed by atoms with Crippen molar-refractivity contribution in [2.45, 2.75) is 53.0 Å². The molecule has 0 N–H and O–H groups in total. The van der Waals surface area contributed by atoms with Gasteiger partial charge in [0.05, 0.1) is 7.18 Å². The average molecular weight is 351 g/mol. The van der Waals surface area contributed by atoms with E-state index in [-0.39, 0.29) is 6.42 Å². The number of allylic oxidation sites excluding steroid dienone is 2. The zero-order valence-electron chi connectivity index (χ0n) is 13.8. The summed E-state index contributed by atoms with van der Waals surface area (Å²) in [6.07, 6.45) is -0.0528. The van der Waals surface area contributed by atoms with Crippen LogP contribution in [-0.4, -0.2) is 19.6 Å². The summed E-state index contributed by atoms with van der Waals surface area (Å²) in [4.78, 5) is 7.54. The van der Waals surface area contributed by atoms with Gasteiger partial charge in [-0.1, -0.05) is 50.6 Å². The van der Waals surface area contributed by atoms with Gasteiger partial charge in [-0.2, -0.15) is 0 Å². The first kappa shape index (κ1) is 29.2. The van der Waals surface area contributed by atoms with Crippen LogP contribution in [0.2, 0.25) is 0 Å². The molecule has 0 aromatic rings. The molecule has 2 nitrogen and oxygen atoms in total. The third-order valence-electron chi connectivity index (χ3n) is 1.56. The van der Waals surface area contributed by atoms with Crippen molar-refractivity contribution >= 4 is 11.6 Å². The molecule has 0 spiro atoms. The van der Waals surface area contributed by atoms with Gasteiger partial charge < -0.3 is 0 Å². The van der Waals surface area contributed by atoms with E-state index < -0.39 is 12.5 Å². The molecular weight excluding hydrogens is 324 g/mol. The van der Waals surface area contributed by atoms with Gasteiger partial charge in [-0.05, 0) is 13.3 Å². The first-order chi connectivity index (χ1) is 10.4. The molecular formula is C15H27ClF4O2. The van der Waals surface area contributed by atoms with Crippen molar-refractivity contribution in [3.8, 4) is 0 Å². The van der Waals surface area contributed by atoms with E-state index in [1.165, 1.54) is 6.08 Å². The molecule has 0 aromatic heterocycles. The Morgan fingerprint density at radius 3 is 2.00 bits per heavy atom. The molecule has 0 radical (unpaired) electrons. The minimum Gasteiger partial charge on any atom is -0.255 e. The highest BCUT2D eigenvalue weighted by atomic mass is 35.5. The molecule has 0 bridgehead atoms. The van der Waals surface area contributed by atoms with Gasteiger partial charge in [0.15, 0.2) is 0 Å². The van der Waals surface area contributed by atoms with Crippen LogP contribution in [0.1, 0.15) is 40.5 Å². The van der Waals surface area contributed by atoms with E-state index in [1.807, 2.05) is 20.8 Å². The van der Waals surface area contributed by atoms with E-state index in [4.69, 9.17) is 11.6 Å². The van der Waals surface area contributed by atoms with Gasteiger partial charge in [0.25, 0.3) is 0 Å². The quantitative estimate of drug-likeness (QED) is 0.228. The third kappa shape index (κ3) is 27.5. The Kier molecular flexibility index (Phi) is 29.8. The van der Waals surface area contributed by atoms with Crippen LogP contribution >= 0.6 is 11.6 Å². The molecule has 0 heterocycles. The molecule has 0 amide bonds. The number of hydrogen-bond acceptors (Lipinski definition) is 2. The van der Waals surface area contributed by atoms with Crippen molar-refractivity contribution in [1.29, 1.82) is 0 Å². The van der Waals surface area contributed by atoms with Gasteiger partial charge in [-0.3, -0.25) is 4.39 Å². The first-order valence-electron chi connectivity index (χ1n) is 6.65. The first-order valence-corrected chi connectivity index (χ1v) is 7.03. The molecule has 0 aliphatic heterocycles. The van der Waals surface area contributed by atoms with Crippen LogP contribution < -0.4 is 0 Å². The van der Waals surface area contributed by atoms with Gasteiger partial charge in [0, 0.05) is 11.5 Å². The number of hydrogen-bond donors (Lipinski definition) is 0. The molecule has 1 unspecified atom stereocenters. The second kappa shape index (κ2) is 22.4. The number of rotatable bonds is 6. The maximum atomic E-state index is 11.7. The van der Waals surface area contributed by atoms with Crippen molar-refractivity contribution in [3.05, 3.63) is 36.4 Å². The zero-order chi connectivity index (χ0) is 18.6. The molecule has 0 saturated carbocycles. The Balaban J connectivity index is -0.000000238. The fourth-order valence-corrected chi connectivity index (χ4v) is 1.00. The Morgan fingerprint density at radius 2 is 1.68 bits per heavy atom. The third-order valence-corrected chi connectivity index (χ3v) is 1.93. The van der Waals surface area contributed by atoms with Crippen LogP contribution in [0.5, 0.6) is 0 Å². The van der Waals surface area contributed by atoms with E-state index in [0.29, 0.717) is 18.6 Å². The molecule has 0 aromatic carbocycles. The van der Waals surface area contributed by atoms with Crippen LogP contribution in [0.3, 0.4) is 0 Å². The fourth-order valence-electron chi connectivity index (χ4n) is 0.848. The molecule has 0 saturated heterocycles. The smallest absolute Gasteiger partial charge is 0.255 e. The van der Waals surface area contributed by atoms with Crippen molar-refractivity contribution in [2.24, 2.45) is 0 Å². The van der Waals surface area contributed by atoms with E-state index in [2.05, 4.69) is 22.9 Å². The van der Waals surface area contributed by atoms with Gasteiger partial charge in [-0.25, -0.2) is 4.89 Å². The van der Waals surface area contributed by atoms with Gasteiger partial charge >= 0.3 is 6.36 Å². The monoisotopic (exact) mass is 350 g/mol. The molecule has 1 atom stereocenters. The average Bonchev–Trinajstić information content (AvgIpc) is 2.54. The Hall–Kier alpha value is -0.850. The molecule has 134 valence electrons. The second-order valence-electron chi connectivity index (χ2n) is 2.94. The number of halogens is 5. The highest BCUT2D eigenvalue weighted by Gasteiger charge is 2.32. The summed E-state index contributed by atoms with van der Waals surface area (Å²) in [5, 5.41) is 0.413. The summed E-state index contributed by atoms with van der Waals surface area (Å²) < 4.78 is 44.7. The molecule has 22 heavy (non-hydrogen) atoms. The Labute approximate surface area is 136 Å². The standard InChI is InChI=1S/C10H14ClF3O2.C2H6.C2H4.CH3F/c1-3-5-6-9(7-8(11)4-2)15-16-10(12,13)14;3*1-2/h4-6,9H,3,7H2,1-2H3;1-2H3;1-2H2;1H3/b6-5?,8-4+;;;. The fraction of sp³-hybridized carbons (Fsp3) is 0.600. The molecule has 0 aliphatic carbocycles. The van der Waals surface area contributed by atoms with Crippen molar-refractivity contribution in [1.82, 2.24) is 0 Å². The van der Waals surface area contributed by atoms with Gasteiger partial charge in [-0.15, -0.1) is 31.2 Å². The molecule has 0 fully saturated rings. The summed E-state index contributed by atoms with van der Waals surface area (Å²) in [5.41, 5.74) is 0. The van der Waals surface area contributed by atoms with Crippen molar-refractivity contribution < 1.29 is 27.3 Å². The van der Waals surface area contributed by atoms with E-state index in [0.717, 1.165) is 0 Å². The summed E-state index contributed by atoms with van der Waals surface area (Å²) in [5.74, 6) is 0. The highest BCUT2D eigenvalue weighted by Crippen LogP contribution is 2.21. The lowest BCUT2D eigenvalue weighted by molar-refractivity contribution is -0.492. The van der Waals surface area contributed by atoms with E-state index >= 15 is 0 Å². The summed E-state index contributed by atoms with van der Waals surface area (Å²) in [6.45, 7) is 13.5. The summed E-state index contributed by atoms with van der Waals surface area (Å²) in [7, 11) is 0.500. The highest BCUT2D eigenvalue weighted by molar-refractivity contribution is 6.29. The topological polar surface area (TPSA) is 18.5 Å². The predicted molar refractivity (Wildman–Crippen MR) is 85.3 cm³/mol. The molecule has 0 rings (SSSR count). The second-order valence-corrected chi connectivity index (χ2v) is 3.43. The van der Waals surface area contributed by atoms with Gasteiger partial charge in [0.2, 0.25) is 0 Å². The van der Waals surface area contributed by atoms with Crippen molar-refractivity contribution in [3.63, 3.8) is 0 Å². The Morgan fingerprint density at radius 1 is 1.23 bits per heavy atom. The maximum Gasteiger partial charge on any atom is 0.549 e. The lowest BCUT2D eigenvalue weighted by atomic mass is 10.2. The Bertz CT molecular complexity index is 267. The summed E-state index contributed by atoms with van der Waals surface area (Å²) in [6, 6.07) is 0. The van der Waals surface area contributed by atoms with Gasteiger partial charge in [0.1, 0.15) is 6.10 Å². The maximum absolute atomic E-state index is 11.7. The largest absolute Gasteiger partial charge is 0.549 e. The van der Waals surface area contributed by atoms with Crippen LogP contribution in [-0.2, 0) is 9.78 Å². The lowest BCUT2D eigenvalue weighted by Crippen LogP contribution is -2.19. The van der Waals surface area contributed by atoms with Crippen molar-refractivity contribution in [2.75, 3.05) is 7.18 Å². The minimum atomic E-state index is -4.80. The van der Waals surface area contributed by atoms with Crippen LogP contribution in [0.4, 0.5) is 17.6 Å². The molecule has 0 aliphatic rings. The summed E-state index contributed by atoms with van der Waals surface area (Å²) >= 11 is 5.70. The lowest BCUT2D eigenvalue weighted by Gasteiger charge is -2.13. The van der Waals surface area contributed by atoms with E-state index in [1.54, 1.807) is 19.1 Å². The minimum absolute atomic E-state index is 0.143. The SMILES string of the molecule is C/C=C(/Cl)CC(C=CCC)OOC(F)(F)F.C=C.CC.CF. The van der Waals surface area contributed by atoms with E-state index in [9.17, 15) is 17.6 Å². The predicted octanol–water partition coefficient (Wildman–Crippen LogP) is 6.74.